The molecule has 1 atom stereocenters. The molecule has 0 spiro atoms. The number of likely N-dealkylation sites (N-methyl/N-ethyl adjacent to an activating group) is 1. The standard InChI is InChI=1S/C8H12BrF3N2O/c1-13-2-4-14(5-3-13)7(15)6(9)8(10,11)12/h6H,2-5H2,1H3. The summed E-state index contributed by atoms with van der Waals surface area (Å²) in [5, 5.41) is 0. The van der Waals surface area contributed by atoms with Gasteiger partial charge in [0.25, 0.3) is 0 Å². The molecule has 1 heterocycles. The minimum absolute atomic E-state index is 0.355. The van der Waals surface area contributed by atoms with Crippen molar-refractivity contribution in [2.24, 2.45) is 0 Å². The summed E-state index contributed by atoms with van der Waals surface area (Å²) >= 11 is 2.38. The Labute approximate surface area is 94.3 Å². The monoisotopic (exact) mass is 288 g/mol. The highest BCUT2D eigenvalue weighted by Gasteiger charge is 2.45. The fourth-order valence-corrected chi connectivity index (χ4v) is 1.62. The number of rotatable bonds is 1. The van der Waals surface area contributed by atoms with Crippen molar-refractivity contribution in [3.8, 4) is 0 Å². The average molecular weight is 289 g/mol. The molecule has 1 fully saturated rings. The predicted molar refractivity (Wildman–Crippen MR) is 52.8 cm³/mol. The van der Waals surface area contributed by atoms with Crippen molar-refractivity contribution >= 4 is 21.8 Å². The second-order valence-electron chi connectivity index (χ2n) is 3.53. The van der Waals surface area contributed by atoms with Gasteiger partial charge in [0.05, 0.1) is 0 Å². The van der Waals surface area contributed by atoms with E-state index in [1.54, 1.807) is 0 Å². The highest BCUT2D eigenvalue weighted by Crippen LogP contribution is 2.28. The normalized spacial score (nSPS) is 21.5. The molecule has 15 heavy (non-hydrogen) atoms. The van der Waals surface area contributed by atoms with E-state index in [1.807, 2.05) is 11.9 Å². The molecule has 7 heteroatoms. The minimum Gasteiger partial charge on any atom is -0.339 e. The summed E-state index contributed by atoms with van der Waals surface area (Å²) < 4.78 is 36.7. The van der Waals surface area contributed by atoms with Gasteiger partial charge in [-0.2, -0.15) is 13.2 Å². The van der Waals surface area contributed by atoms with E-state index in [-0.39, 0.29) is 0 Å². The molecule has 0 radical (unpaired) electrons. The molecule has 0 aromatic heterocycles. The van der Waals surface area contributed by atoms with Crippen LogP contribution in [0.25, 0.3) is 0 Å². The predicted octanol–water partition coefficient (Wildman–Crippen LogP) is 1.09. The van der Waals surface area contributed by atoms with Gasteiger partial charge in [-0.1, -0.05) is 15.9 Å². The Morgan fingerprint density at radius 1 is 1.27 bits per heavy atom. The first-order valence-electron chi connectivity index (χ1n) is 4.50. The molecule has 0 saturated carbocycles. The zero-order chi connectivity index (χ0) is 11.6. The van der Waals surface area contributed by atoms with E-state index in [9.17, 15) is 18.0 Å². The molecule has 1 amide bonds. The summed E-state index contributed by atoms with van der Waals surface area (Å²) in [7, 11) is 1.87. The molecule has 1 unspecified atom stereocenters. The van der Waals surface area contributed by atoms with Gasteiger partial charge >= 0.3 is 6.18 Å². The van der Waals surface area contributed by atoms with Crippen molar-refractivity contribution < 1.29 is 18.0 Å². The Bertz CT molecular complexity index is 239. The molecule has 0 aliphatic carbocycles. The molecule has 1 saturated heterocycles. The van der Waals surface area contributed by atoms with Crippen molar-refractivity contribution in [3.05, 3.63) is 0 Å². The van der Waals surface area contributed by atoms with Crippen LogP contribution in [0.5, 0.6) is 0 Å². The van der Waals surface area contributed by atoms with Gasteiger partial charge in [-0.15, -0.1) is 0 Å². The average Bonchev–Trinajstić information content (AvgIpc) is 2.15. The zero-order valence-corrected chi connectivity index (χ0v) is 9.81. The number of halogens is 4. The molecule has 1 aliphatic heterocycles. The first-order chi connectivity index (χ1) is 6.82. The number of amides is 1. The van der Waals surface area contributed by atoms with E-state index in [0.717, 1.165) is 0 Å². The number of carbonyl (C=O) groups excluding carboxylic acids is 1. The molecular formula is C8H12BrF3N2O. The largest absolute Gasteiger partial charge is 0.410 e. The first-order valence-corrected chi connectivity index (χ1v) is 5.42. The molecule has 1 aliphatic rings. The lowest BCUT2D eigenvalue weighted by molar-refractivity contribution is -0.158. The second-order valence-corrected chi connectivity index (χ2v) is 4.45. The van der Waals surface area contributed by atoms with Crippen LogP contribution in [-0.2, 0) is 4.79 Å². The second kappa shape index (κ2) is 4.69. The maximum atomic E-state index is 12.2. The van der Waals surface area contributed by atoms with Crippen LogP contribution in [0.1, 0.15) is 0 Å². The zero-order valence-electron chi connectivity index (χ0n) is 8.22. The van der Waals surface area contributed by atoms with Crippen LogP contribution < -0.4 is 0 Å². The van der Waals surface area contributed by atoms with Gasteiger partial charge in [0, 0.05) is 26.2 Å². The fourth-order valence-electron chi connectivity index (χ4n) is 1.33. The summed E-state index contributed by atoms with van der Waals surface area (Å²) in [4.78, 5) is 12.5. The quantitative estimate of drug-likeness (QED) is 0.675. The lowest BCUT2D eigenvalue weighted by Crippen LogP contribution is -2.51. The number of hydrogen-bond acceptors (Lipinski definition) is 2. The van der Waals surface area contributed by atoms with Crippen LogP contribution in [0.2, 0.25) is 0 Å². The van der Waals surface area contributed by atoms with Gasteiger partial charge in [0.1, 0.15) is 0 Å². The first kappa shape index (κ1) is 12.8. The third kappa shape index (κ3) is 3.34. The highest BCUT2D eigenvalue weighted by molar-refractivity contribution is 9.10. The summed E-state index contributed by atoms with van der Waals surface area (Å²) in [6.07, 6.45) is -4.51. The number of piperazine rings is 1. The molecule has 3 nitrogen and oxygen atoms in total. The molecule has 0 aromatic rings. The maximum absolute atomic E-state index is 12.2. The van der Waals surface area contributed by atoms with E-state index in [0.29, 0.717) is 26.2 Å². The molecule has 1 rings (SSSR count). The third-order valence-corrected chi connectivity index (χ3v) is 3.23. The van der Waals surface area contributed by atoms with Crippen LogP contribution in [-0.4, -0.2) is 59.9 Å². The van der Waals surface area contributed by atoms with Crippen molar-refractivity contribution in [1.82, 2.24) is 9.80 Å². The number of carbonyl (C=O) groups is 1. The lowest BCUT2D eigenvalue weighted by Gasteiger charge is -2.33. The van der Waals surface area contributed by atoms with Gasteiger partial charge in [0.2, 0.25) is 5.91 Å². The third-order valence-electron chi connectivity index (χ3n) is 2.32. The smallest absolute Gasteiger partial charge is 0.339 e. The molecule has 0 N–H and O–H groups in total. The maximum Gasteiger partial charge on any atom is 0.410 e. The molecule has 88 valence electrons. The van der Waals surface area contributed by atoms with E-state index >= 15 is 0 Å². The van der Waals surface area contributed by atoms with Crippen LogP contribution >= 0.6 is 15.9 Å². The molecule has 0 bridgehead atoms. The van der Waals surface area contributed by atoms with E-state index in [1.165, 1.54) is 4.90 Å². The topological polar surface area (TPSA) is 23.6 Å². The number of nitrogens with zero attached hydrogens (tertiary/aromatic N) is 2. The Kier molecular flexibility index (Phi) is 3.99. The SMILES string of the molecule is CN1CCN(C(=O)C(Br)C(F)(F)F)CC1. The fraction of sp³-hybridized carbons (Fsp3) is 0.875. The van der Waals surface area contributed by atoms with Crippen LogP contribution in [0.15, 0.2) is 0 Å². The van der Waals surface area contributed by atoms with E-state index in [4.69, 9.17) is 0 Å². The Morgan fingerprint density at radius 2 is 1.73 bits per heavy atom. The van der Waals surface area contributed by atoms with Crippen LogP contribution in [0, 0.1) is 0 Å². The summed E-state index contributed by atoms with van der Waals surface area (Å²) in [6.45, 7) is 1.94. The number of hydrogen-bond donors (Lipinski definition) is 0. The Balaban J connectivity index is 2.54. The summed E-state index contributed by atoms with van der Waals surface area (Å²) in [5.74, 6) is -0.893. The number of alkyl halides is 4. The van der Waals surface area contributed by atoms with Gasteiger partial charge in [-0.25, -0.2) is 0 Å². The van der Waals surface area contributed by atoms with Crippen molar-refractivity contribution in [2.45, 2.75) is 11.0 Å². The van der Waals surface area contributed by atoms with Crippen LogP contribution in [0.3, 0.4) is 0 Å². The van der Waals surface area contributed by atoms with E-state index < -0.39 is 16.9 Å². The lowest BCUT2D eigenvalue weighted by atomic mass is 10.3. The van der Waals surface area contributed by atoms with Crippen molar-refractivity contribution in [1.29, 1.82) is 0 Å². The highest BCUT2D eigenvalue weighted by atomic mass is 79.9. The van der Waals surface area contributed by atoms with Gasteiger partial charge < -0.3 is 9.80 Å². The molecular weight excluding hydrogens is 277 g/mol. The minimum atomic E-state index is -4.51. The van der Waals surface area contributed by atoms with Crippen LogP contribution in [0.4, 0.5) is 13.2 Å². The van der Waals surface area contributed by atoms with Gasteiger partial charge in [-0.05, 0) is 7.05 Å². The van der Waals surface area contributed by atoms with Gasteiger partial charge in [-0.3, -0.25) is 4.79 Å². The summed E-state index contributed by atoms with van der Waals surface area (Å²) in [6, 6.07) is 0. The van der Waals surface area contributed by atoms with Gasteiger partial charge in [0.15, 0.2) is 4.83 Å². The summed E-state index contributed by atoms with van der Waals surface area (Å²) in [5.41, 5.74) is 0. The Morgan fingerprint density at radius 3 is 2.13 bits per heavy atom. The van der Waals surface area contributed by atoms with Crippen molar-refractivity contribution in [2.75, 3.05) is 33.2 Å². The van der Waals surface area contributed by atoms with E-state index in [2.05, 4.69) is 15.9 Å². The van der Waals surface area contributed by atoms with Crippen molar-refractivity contribution in [3.63, 3.8) is 0 Å². The Hall–Kier alpha value is -0.300. The molecule has 0 aromatic carbocycles.